The predicted octanol–water partition coefficient (Wildman–Crippen LogP) is 5.88. The molecule has 1 aliphatic carbocycles. The van der Waals surface area contributed by atoms with Gasteiger partial charge in [0, 0.05) is 41.1 Å². The predicted molar refractivity (Wildman–Crippen MR) is 133 cm³/mol. The van der Waals surface area contributed by atoms with Crippen molar-refractivity contribution in [1.29, 1.82) is 0 Å². The number of ether oxygens (including phenoxy) is 1. The van der Waals surface area contributed by atoms with Crippen LogP contribution in [0.5, 0.6) is 0 Å². The lowest BCUT2D eigenvalue weighted by molar-refractivity contribution is -0.200. The molecular weight excluding hydrogens is 575 g/mol. The minimum Gasteiger partial charge on any atom is -0.381 e. The van der Waals surface area contributed by atoms with Crippen molar-refractivity contribution in [3.8, 4) is 0 Å². The zero-order valence-electron chi connectivity index (χ0n) is 18.1. The molecule has 6 nitrogen and oxygen atoms in total. The minimum atomic E-state index is -4.36. The average Bonchev–Trinajstić information content (AvgIpc) is 3.12. The zero-order valence-corrected chi connectivity index (χ0v) is 22.1. The van der Waals surface area contributed by atoms with Gasteiger partial charge < -0.3 is 15.4 Å². The van der Waals surface area contributed by atoms with E-state index < -0.39 is 12.7 Å². The molecule has 186 valence electrons. The van der Waals surface area contributed by atoms with Crippen molar-refractivity contribution >= 4 is 65.5 Å². The van der Waals surface area contributed by atoms with Crippen molar-refractivity contribution < 1.29 is 17.9 Å². The van der Waals surface area contributed by atoms with Crippen LogP contribution in [-0.4, -0.2) is 60.4 Å². The molecule has 1 spiro atoms. The van der Waals surface area contributed by atoms with Crippen LogP contribution < -0.4 is 15.3 Å². The first-order chi connectivity index (χ1) is 16.2. The van der Waals surface area contributed by atoms with E-state index in [0.717, 1.165) is 57.7 Å². The fourth-order valence-electron chi connectivity index (χ4n) is 4.91. The zero-order chi connectivity index (χ0) is 23.9. The smallest absolute Gasteiger partial charge is 0.381 e. The van der Waals surface area contributed by atoms with Crippen LogP contribution in [0.3, 0.4) is 0 Å². The SMILES string of the molecule is FC(F)(F)CNc1c(N=c2ssnc2Cl)ccc(NC2CCC(N3CC4(COC4)C3)CC2)c1Br. The van der Waals surface area contributed by atoms with E-state index in [0.29, 0.717) is 26.3 Å². The van der Waals surface area contributed by atoms with Gasteiger partial charge in [0.1, 0.15) is 6.54 Å². The van der Waals surface area contributed by atoms with E-state index in [1.165, 1.54) is 20.9 Å². The Morgan fingerprint density at radius 3 is 2.56 bits per heavy atom. The highest BCUT2D eigenvalue weighted by Crippen LogP contribution is 2.43. The standard InChI is InChI=1S/C21H24BrClF3N5OS2/c22-16-14(28-12-1-3-13(4-2-12)31-8-20(9-31)10-32-11-20)5-6-15(17(16)27-7-21(24,25)26)29-19-18(23)30-34-33-19/h5-6,12-13,27-28H,1-4,7-11H2. The highest BCUT2D eigenvalue weighted by molar-refractivity contribution is 9.10. The van der Waals surface area contributed by atoms with Crippen LogP contribution >= 0.6 is 48.4 Å². The van der Waals surface area contributed by atoms with Gasteiger partial charge >= 0.3 is 6.18 Å². The third-order valence-electron chi connectivity index (χ3n) is 6.68. The van der Waals surface area contributed by atoms with Gasteiger partial charge in [-0.15, -0.1) is 0 Å². The number of nitrogens with one attached hydrogen (secondary N) is 2. The lowest BCUT2D eigenvalue weighted by Crippen LogP contribution is -2.68. The van der Waals surface area contributed by atoms with Crippen LogP contribution in [-0.2, 0) is 4.74 Å². The van der Waals surface area contributed by atoms with Crippen molar-refractivity contribution in [1.82, 2.24) is 9.27 Å². The normalized spacial score (nSPS) is 25.1. The van der Waals surface area contributed by atoms with Crippen molar-refractivity contribution in [2.45, 2.75) is 43.9 Å². The molecule has 0 unspecified atom stereocenters. The maximum absolute atomic E-state index is 13.0. The van der Waals surface area contributed by atoms with Gasteiger partial charge in [-0.2, -0.15) is 17.5 Å². The molecule has 2 N–H and O–H groups in total. The maximum atomic E-state index is 13.0. The van der Waals surface area contributed by atoms with Gasteiger partial charge in [0.15, 0.2) is 9.82 Å². The number of aromatic nitrogens is 1. The van der Waals surface area contributed by atoms with Crippen LogP contribution in [0.1, 0.15) is 25.7 Å². The summed E-state index contributed by atoms with van der Waals surface area (Å²) in [5, 5.41) is 6.29. The van der Waals surface area contributed by atoms with Gasteiger partial charge in [-0.25, -0.2) is 4.99 Å². The highest BCUT2D eigenvalue weighted by Gasteiger charge is 2.50. The number of alkyl halides is 3. The molecule has 2 aromatic rings. The first kappa shape index (κ1) is 24.8. The van der Waals surface area contributed by atoms with Crippen molar-refractivity contribution in [3.05, 3.63) is 26.4 Å². The summed E-state index contributed by atoms with van der Waals surface area (Å²) in [6.45, 7) is 2.93. The van der Waals surface area contributed by atoms with Gasteiger partial charge in [-0.1, -0.05) is 11.6 Å². The third-order valence-corrected chi connectivity index (χ3v) is 9.68. The van der Waals surface area contributed by atoms with Crippen molar-refractivity contribution in [3.63, 3.8) is 0 Å². The Bertz CT molecular complexity index is 1090. The lowest BCUT2D eigenvalue weighted by Gasteiger charge is -2.58. The van der Waals surface area contributed by atoms with Crippen LogP contribution in [0.25, 0.3) is 0 Å². The molecule has 13 heteroatoms. The summed E-state index contributed by atoms with van der Waals surface area (Å²) in [4.78, 5) is 7.03. The molecule has 0 radical (unpaired) electrons. The number of rotatable bonds is 6. The van der Waals surface area contributed by atoms with E-state index in [1.54, 1.807) is 6.07 Å². The molecule has 3 heterocycles. The summed E-state index contributed by atoms with van der Waals surface area (Å²) in [5.41, 5.74) is 1.82. The molecule has 2 saturated heterocycles. The Balaban J connectivity index is 1.27. The third kappa shape index (κ3) is 5.41. The number of benzene rings is 1. The van der Waals surface area contributed by atoms with Crippen LogP contribution in [0.15, 0.2) is 21.6 Å². The van der Waals surface area contributed by atoms with E-state index >= 15 is 0 Å². The Kier molecular flexibility index (Phi) is 7.18. The molecule has 34 heavy (non-hydrogen) atoms. The van der Waals surface area contributed by atoms with E-state index in [9.17, 15) is 13.2 Å². The molecule has 0 atom stereocenters. The van der Waals surface area contributed by atoms with Crippen LogP contribution in [0, 0.1) is 5.41 Å². The second kappa shape index (κ2) is 9.85. The van der Waals surface area contributed by atoms with Crippen molar-refractivity contribution in [2.24, 2.45) is 10.4 Å². The van der Waals surface area contributed by atoms with Gasteiger partial charge in [0.25, 0.3) is 0 Å². The minimum absolute atomic E-state index is 0.241. The molecule has 1 aromatic carbocycles. The second-order valence-corrected chi connectivity index (χ2v) is 12.3. The number of nitrogens with zero attached hydrogens (tertiary/aromatic N) is 3. The van der Waals surface area contributed by atoms with Gasteiger partial charge in [0.05, 0.1) is 34.7 Å². The first-order valence-corrected chi connectivity index (χ1v) is 14.4. The van der Waals surface area contributed by atoms with E-state index in [2.05, 4.69) is 40.8 Å². The average molecular weight is 599 g/mol. The molecule has 2 aliphatic heterocycles. The lowest BCUT2D eigenvalue weighted by atomic mass is 9.75. The Hall–Kier alpha value is -0.920. The monoisotopic (exact) mass is 597 g/mol. The summed E-state index contributed by atoms with van der Waals surface area (Å²) >= 11 is 9.57. The van der Waals surface area contributed by atoms with Crippen molar-refractivity contribution in [2.75, 3.05) is 43.5 Å². The Morgan fingerprint density at radius 1 is 1.24 bits per heavy atom. The largest absolute Gasteiger partial charge is 0.405 e. The number of hydrogen-bond acceptors (Lipinski definition) is 8. The number of hydrogen-bond donors (Lipinski definition) is 2. The van der Waals surface area contributed by atoms with Gasteiger partial charge in [-0.05, 0) is 64.1 Å². The summed E-state index contributed by atoms with van der Waals surface area (Å²) in [6, 6.07) is 4.44. The number of halogens is 5. The fraction of sp³-hybridized carbons (Fsp3) is 0.619. The molecular formula is C21H24BrClF3N5OS2. The Labute approximate surface area is 216 Å². The van der Waals surface area contributed by atoms with E-state index in [-0.39, 0.29) is 16.9 Å². The molecule has 0 bridgehead atoms. The van der Waals surface area contributed by atoms with Gasteiger partial charge in [-0.3, -0.25) is 4.90 Å². The number of likely N-dealkylation sites (tertiary alicyclic amines) is 1. The van der Waals surface area contributed by atoms with E-state index in [4.69, 9.17) is 16.3 Å². The number of anilines is 2. The van der Waals surface area contributed by atoms with E-state index in [1.807, 2.05) is 6.07 Å². The van der Waals surface area contributed by atoms with Crippen LogP contribution in [0.2, 0.25) is 5.15 Å². The fourth-order valence-corrected chi connectivity index (χ4v) is 7.49. The summed E-state index contributed by atoms with van der Waals surface area (Å²) in [6.07, 6.45) is -0.0870. The quantitative estimate of drug-likeness (QED) is 0.407. The highest BCUT2D eigenvalue weighted by atomic mass is 79.9. The molecule has 1 saturated carbocycles. The summed E-state index contributed by atoms with van der Waals surface area (Å²) < 4.78 is 49.3. The molecule has 1 aromatic heterocycles. The second-order valence-electron chi connectivity index (χ2n) is 9.29. The molecule has 0 amide bonds. The summed E-state index contributed by atoms with van der Waals surface area (Å²) in [7, 11) is 2.45. The summed E-state index contributed by atoms with van der Waals surface area (Å²) in [5.74, 6) is 0. The molecule has 3 fully saturated rings. The first-order valence-electron chi connectivity index (χ1n) is 11.1. The molecule has 5 rings (SSSR count). The van der Waals surface area contributed by atoms with Gasteiger partial charge in [0.2, 0.25) is 0 Å². The maximum Gasteiger partial charge on any atom is 0.405 e. The molecule has 3 aliphatic rings. The topological polar surface area (TPSA) is 61.8 Å². The Morgan fingerprint density at radius 2 is 1.97 bits per heavy atom. The van der Waals surface area contributed by atoms with Crippen LogP contribution in [0.4, 0.5) is 30.2 Å².